The fraction of sp³-hybridized carbons (Fsp3) is 0.133. The highest BCUT2D eigenvalue weighted by Crippen LogP contribution is 2.24. The lowest BCUT2D eigenvalue weighted by molar-refractivity contribution is 0.0601. The Morgan fingerprint density at radius 3 is 2.62 bits per heavy atom. The molecule has 0 bridgehead atoms. The maximum absolute atomic E-state index is 13.2. The molecule has 0 saturated heterocycles. The molecule has 0 fully saturated rings. The van der Waals surface area contributed by atoms with Gasteiger partial charge in [0, 0.05) is 12.2 Å². The Hall–Kier alpha value is -1.78. The lowest BCUT2D eigenvalue weighted by Crippen LogP contribution is -2.08. The Balaban J connectivity index is 2.19. The van der Waals surface area contributed by atoms with Crippen LogP contribution in [0.2, 0.25) is 10.0 Å². The first kappa shape index (κ1) is 15.6. The first-order chi connectivity index (χ1) is 10.0. The minimum Gasteiger partial charge on any atom is -0.465 e. The zero-order valence-corrected chi connectivity index (χ0v) is 12.6. The molecular formula is C15H12Cl2FNO2. The summed E-state index contributed by atoms with van der Waals surface area (Å²) in [7, 11) is 1.25. The lowest BCUT2D eigenvalue weighted by atomic mass is 10.1. The first-order valence-electron chi connectivity index (χ1n) is 6.07. The van der Waals surface area contributed by atoms with Gasteiger partial charge in [-0.2, -0.15) is 0 Å². The minimum absolute atomic E-state index is 0.137. The van der Waals surface area contributed by atoms with Gasteiger partial charge in [-0.25, -0.2) is 9.18 Å². The number of esters is 1. The predicted molar refractivity (Wildman–Crippen MR) is 81.5 cm³/mol. The van der Waals surface area contributed by atoms with Crippen LogP contribution in [-0.4, -0.2) is 13.1 Å². The van der Waals surface area contributed by atoms with Gasteiger partial charge >= 0.3 is 5.97 Å². The number of anilines is 1. The van der Waals surface area contributed by atoms with Crippen LogP contribution < -0.4 is 5.32 Å². The molecule has 0 atom stereocenters. The highest BCUT2D eigenvalue weighted by atomic mass is 35.5. The van der Waals surface area contributed by atoms with Crippen LogP contribution in [0.4, 0.5) is 10.1 Å². The molecule has 0 saturated carbocycles. The van der Waals surface area contributed by atoms with Crippen molar-refractivity contribution in [2.45, 2.75) is 6.54 Å². The van der Waals surface area contributed by atoms with E-state index in [2.05, 4.69) is 10.1 Å². The summed E-state index contributed by atoms with van der Waals surface area (Å²) in [6, 6.07) is 9.10. The summed E-state index contributed by atoms with van der Waals surface area (Å²) in [5.41, 5.74) is 1.50. The lowest BCUT2D eigenvalue weighted by Gasteiger charge is -2.11. The van der Waals surface area contributed by atoms with Crippen molar-refractivity contribution in [2.75, 3.05) is 12.4 Å². The van der Waals surface area contributed by atoms with Gasteiger partial charge in [-0.15, -0.1) is 0 Å². The number of methoxy groups -OCH3 is 1. The van der Waals surface area contributed by atoms with E-state index in [1.807, 2.05) is 6.07 Å². The Morgan fingerprint density at radius 1 is 1.19 bits per heavy atom. The summed E-state index contributed by atoms with van der Waals surface area (Å²) in [6.45, 7) is 0.409. The molecule has 0 amide bonds. The first-order valence-corrected chi connectivity index (χ1v) is 6.82. The quantitative estimate of drug-likeness (QED) is 0.838. The van der Waals surface area contributed by atoms with Gasteiger partial charge in [0.05, 0.1) is 22.7 Å². The fourth-order valence-electron chi connectivity index (χ4n) is 1.80. The van der Waals surface area contributed by atoms with Gasteiger partial charge in [-0.3, -0.25) is 0 Å². The standard InChI is InChI=1S/C15H12Cl2FNO2/c1-21-15(20)11-7-10(18)3-5-14(11)19-8-9-2-4-12(16)13(17)6-9/h2-7,19H,8H2,1H3. The van der Waals surface area contributed by atoms with Crippen LogP contribution in [0.5, 0.6) is 0 Å². The average molecular weight is 328 g/mol. The number of hydrogen-bond acceptors (Lipinski definition) is 3. The molecule has 0 aliphatic rings. The molecular weight excluding hydrogens is 316 g/mol. The third-order valence-corrected chi connectivity index (χ3v) is 3.59. The van der Waals surface area contributed by atoms with E-state index in [1.54, 1.807) is 12.1 Å². The van der Waals surface area contributed by atoms with E-state index in [9.17, 15) is 9.18 Å². The summed E-state index contributed by atoms with van der Waals surface area (Å²) in [6.07, 6.45) is 0. The topological polar surface area (TPSA) is 38.3 Å². The normalized spacial score (nSPS) is 10.3. The second-order valence-electron chi connectivity index (χ2n) is 4.28. The van der Waals surface area contributed by atoms with Crippen LogP contribution in [0.25, 0.3) is 0 Å². The van der Waals surface area contributed by atoms with Gasteiger partial charge < -0.3 is 10.1 Å². The minimum atomic E-state index is -0.605. The van der Waals surface area contributed by atoms with Crippen LogP contribution >= 0.6 is 23.2 Å². The van der Waals surface area contributed by atoms with Gasteiger partial charge in [0.2, 0.25) is 0 Å². The number of carbonyl (C=O) groups excluding carboxylic acids is 1. The van der Waals surface area contributed by atoms with Crippen molar-refractivity contribution in [3.8, 4) is 0 Å². The molecule has 2 rings (SSSR count). The maximum atomic E-state index is 13.2. The van der Waals surface area contributed by atoms with E-state index in [1.165, 1.54) is 19.2 Å². The number of carbonyl (C=O) groups is 1. The third kappa shape index (κ3) is 3.86. The molecule has 0 aromatic heterocycles. The molecule has 1 N–H and O–H groups in total. The molecule has 3 nitrogen and oxygen atoms in total. The fourth-order valence-corrected chi connectivity index (χ4v) is 2.12. The van der Waals surface area contributed by atoms with E-state index >= 15 is 0 Å². The van der Waals surface area contributed by atoms with Gasteiger partial charge in [0.25, 0.3) is 0 Å². The summed E-state index contributed by atoms with van der Waals surface area (Å²) in [5, 5.41) is 3.97. The summed E-state index contributed by atoms with van der Waals surface area (Å²) >= 11 is 11.8. The third-order valence-electron chi connectivity index (χ3n) is 2.85. The van der Waals surface area contributed by atoms with E-state index in [-0.39, 0.29) is 5.56 Å². The summed E-state index contributed by atoms with van der Waals surface area (Å²) < 4.78 is 17.9. The van der Waals surface area contributed by atoms with Crippen molar-refractivity contribution in [1.82, 2.24) is 0 Å². The Labute approximate surface area is 131 Å². The number of rotatable bonds is 4. The van der Waals surface area contributed by atoms with Gasteiger partial charge in [0.1, 0.15) is 5.82 Å². The van der Waals surface area contributed by atoms with Crippen LogP contribution in [0, 0.1) is 5.82 Å². The molecule has 2 aromatic carbocycles. The number of nitrogens with one attached hydrogen (secondary N) is 1. The number of hydrogen-bond donors (Lipinski definition) is 1. The number of ether oxygens (including phenoxy) is 1. The Bertz CT molecular complexity index is 677. The second-order valence-corrected chi connectivity index (χ2v) is 5.10. The Kier molecular flexibility index (Phi) is 5.04. The molecule has 2 aromatic rings. The van der Waals surface area contributed by atoms with Gasteiger partial charge in [0.15, 0.2) is 0 Å². The highest BCUT2D eigenvalue weighted by molar-refractivity contribution is 6.42. The average Bonchev–Trinajstić information content (AvgIpc) is 2.48. The zero-order chi connectivity index (χ0) is 15.4. The van der Waals surface area contributed by atoms with Crippen LogP contribution in [0.3, 0.4) is 0 Å². The highest BCUT2D eigenvalue weighted by Gasteiger charge is 2.13. The monoisotopic (exact) mass is 327 g/mol. The molecule has 6 heteroatoms. The summed E-state index contributed by atoms with van der Waals surface area (Å²) in [4.78, 5) is 11.6. The molecule has 110 valence electrons. The second kappa shape index (κ2) is 6.78. The van der Waals surface area contributed by atoms with Crippen molar-refractivity contribution in [1.29, 1.82) is 0 Å². The summed E-state index contributed by atoms with van der Waals surface area (Å²) in [5.74, 6) is -1.11. The smallest absolute Gasteiger partial charge is 0.340 e. The largest absolute Gasteiger partial charge is 0.465 e. The molecule has 0 aliphatic carbocycles. The van der Waals surface area contributed by atoms with Crippen LogP contribution in [0.1, 0.15) is 15.9 Å². The van der Waals surface area contributed by atoms with Crippen LogP contribution in [-0.2, 0) is 11.3 Å². The van der Waals surface area contributed by atoms with Crippen molar-refractivity contribution < 1.29 is 13.9 Å². The molecule has 0 spiro atoms. The zero-order valence-electron chi connectivity index (χ0n) is 11.1. The number of halogens is 3. The van der Waals surface area contributed by atoms with Gasteiger partial charge in [-0.05, 0) is 35.9 Å². The van der Waals surface area contributed by atoms with E-state index in [0.717, 1.165) is 11.6 Å². The molecule has 21 heavy (non-hydrogen) atoms. The Morgan fingerprint density at radius 2 is 1.95 bits per heavy atom. The molecule has 0 unspecified atom stereocenters. The predicted octanol–water partition coefficient (Wildman–Crippen LogP) is 4.53. The van der Waals surface area contributed by atoms with Crippen LogP contribution in [0.15, 0.2) is 36.4 Å². The molecule has 0 heterocycles. The molecule has 0 radical (unpaired) electrons. The van der Waals surface area contributed by atoms with Crippen molar-refractivity contribution in [2.24, 2.45) is 0 Å². The van der Waals surface area contributed by atoms with E-state index < -0.39 is 11.8 Å². The van der Waals surface area contributed by atoms with E-state index in [4.69, 9.17) is 23.2 Å². The van der Waals surface area contributed by atoms with Crippen molar-refractivity contribution in [3.63, 3.8) is 0 Å². The molecule has 0 aliphatic heterocycles. The SMILES string of the molecule is COC(=O)c1cc(F)ccc1NCc1ccc(Cl)c(Cl)c1. The van der Waals surface area contributed by atoms with Crippen molar-refractivity contribution in [3.05, 3.63) is 63.4 Å². The van der Waals surface area contributed by atoms with Gasteiger partial charge in [-0.1, -0.05) is 29.3 Å². The van der Waals surface area contributed by atoms with Crippen molar-refractivity contribution >= 4 is 34.9 Å². The number of benzene rings is 2. The van der Waals surface area contributed by atoms with E-state index in [0.29, 0.717) is 22.3 Å². The maximum Gasteiger partial charge on any atom is 0.340 e.